The molecule has 0 fully saturated rings. The molecule has 116 valence electrons. The molecule has 0 saturated heterocycles. The zero-order valence-corrected chi connectivity index (χ0v) is 12.9. The Morgan fingerprint density at radius 1 is 1.32 bits per heavy atom. The molecule has 0 atom stereocenters. The maximum Gasteiger partial charge on any atom is 0.342 e. The van der Waals surface area contributed by atoms with E-state index >= 15 is 0 Å². The molecule has 1 aromatic carbocycles. The van der Waals surface area contributed by atoms with Crippen molar-refractivity contribution in [3.8, 4) is 0 Å². The summed E-state index contributed by atoms with van der Waals surface area (Å²) in [6.07, 6.45) is 2.05. The smallest absolute Gasteiger partial charge is 0.342 e. The van der Waals surface area contributed by atoms with Gasteiger partial charge < -0.3 is 14.5 Å². The third kappa shape index (κ3) is 4.63. The van der Waals surface area contributed by atoms with Crippen LogP contribution >= 0.6 is 11.6 Å². The van der Waals surface area contributed by atoms with E-state index in [2.05, 4.69) is 5.32 Å². The number of benzene rings is 1. The molecule has 2 aromatic rings. The lowest BCUT2D eigenvalue weighted by Crippen LogP contribution is -2.30. The molecule has 0 radical (unpaired) electrons. The minimum atomic E-state index is -0.573. The van der Waals surface area contributed by atoms with Crippen LogP contribution in [0.2, 0.25) is 5.02 Å². The SMILES string of the molecule is Cc1occc1C(=O)OCC(=O)NCCc1cccc(Cl)c1. The van der Waals surface area contributed by atoms with Crippen molar-refractivity contribution in [1.29, 1.82) is 0 Å². The van der Waals surface area contributed by atoms with Crippen molar-refractivity contribution in [3.05, 3.63) is 58.5 Å². The van der Waals surface area contributed by atoms with Crippen molar-refractivity contribution in [2.45, 2.75) is 13.3 Å². The Bertz CT molecular complexity index is 666. The van der Waals surface area contributed by atoms with Crippen molar-refractivity contribution in [2.24, 2.45) is 0 Å². The summed E-state index contributed by atoms with van der Waals surface area (Å²) in [5.41, 5.74) is 1.35. The number of aryl methyl sites for hydroxylation is 1. The molecule has 0 spiro atoms. The normalized spacial score (nSPS) is 10.3. The lowest BCUT2D eigenvalue weighted by molar-refractivity contribution is -0.124. The fourth-order valence-corrected chi connectivity index (χ4v) is 2.11. The van der Waals surface area contributed by atoms with Crippen molar-refractivity contribution < 1.29 is 18.7 Å². The van der Waals surface area contributed by atoms with E-state index in [4.69, 9.17) is 20.8 Å². The van der Waals surface area contributed by atoms with Crippen LogP contribution in [0.4, 0.5) is 0 Å². The molecule has 0 aliphatic rings. The Morgan fingerprint density at radius 2 is 2.14 bits per heavy atom. The molecule has 2 rings (SSSR count). The van der Waals surface area contributed by atoms with Gasteiger partial charge in [0, 0.05) is 11.6 Å². The van der Waals surface area contributed by atoms with E-state index in [1.165, 1.54) is 12.3 Å². The van der Waals surface area contributed by atoms with Gasteiger partial charge in [0.15, 0.2) is 6.61 Å². The highest BCUT2D eigenvalue weighted by Gasteiger charge is 2.14. The number of rotatable bonds is 6. The van der Waals surface area contributed by atoms with Gasteiger partial charge in [-0.05, 0) is 37.1 Å². The van der Waals surface area contributed by atoms with Gasteiger partial charge in [0.25, 0.3) is 5.91 Å². The highest BCUT2D eigenvalue weighted by atomic mass is 35.5. The Hall–Kier alpha value is -2.27. The highest BCUT2D eigenvalue weighted by molar-refractivity contribution is 6.30. The van der Waals surface area contributed by atoms with Gasteiger partial charge in [0.2, 0.25) is 0 Å². The number of nitrogens with one attached hydrogen (secondary N) is 1. The molecule has 1 aromatic heterocycles. The molecular formula is C16H16ClNO4. The summed E-state index contributed by atoms with van der Waals surface area (Å²) in [6.45, 7) is 1.78. The summed E-state index contributed by atoms with van der Waals surface area (Å²) in [5, 5.41) is 3.34. The molecule has 0 bridgehead atoms. The lowest BCUT2D eigenvalue weighted by Gasteiger charge is -2.06. The van der Waals surface area contributed by atoms with Gasteiger partial charge in [-0.1, -0.05) is 23.7 Å². The number of esters is 1. The highest BCUT2D eigenvalue weighted by Crippen LogP contribution is 2.11. The summed E-state index contributed by atoms with van der Waals surface area (Å²) in [6, 6.07) is 8.93. The summed E-state index contributed by atoms with van der Waals surface area (Å²) >= 11 is 5.88. The molecule has 0 aliphatic carbocycles. The molecule has 0 saturated carbocycles. The predicted molar refractivity (Wildman–Crippen MR) is 81.9 cm³/mol. The van der Waals surface area contributed by atoms with Gasteiger partial charge in [-0.3, -0.25) is 4.79 Å². The van der Waals surface area contributed by atoms with Gasteiger partial charge in [-0.25, -0.2) is 4.79 Å². The van der Waals surface area contributed by atoms with E-state index in [9.17, 15) is 9.59 Å². The molecule has 22 heavy (non-hydrogen) atoms. The zero-order valence-electron chi connectivity index (χ0n) is 12.1. The molecular weight excluding hydrogens is 306 g/mol. The monoisotopic (exact) mass is 321 g/mol. The average molecular weight is 322 g/mol. The topological polar surface area (TPSA) is 68.5 Å². The summed E-state index contributed by atoms with van der Waals surface area (Å²) < 4.78 is 9.92. The van der Waals surface area contributed by atoms with Crippen LogP contribution in [-0.4, -0.2) is 25.0 Å². The van der Waals surface area contributed by atoms with Gasteiger partial charge in [-0.2, -0.15) is 0 Å². The molecule has 1 amide bonds. The Morgan fingerprint density at radius 3 is 2.82 bits per heavy atom. The number of carbonyl (C=O) groups excluding carboxylic acids is 2. The van der Waals surface area contributed by atoms with Crippen molar-refractivity contribution in [1.82, 2.24) is 5.32 Å². The number of amides is 1. The number of hydrogen-bond donors (Lipinski definition) is 1. The van der Waals surface area contributed by atoms with Gasteiger partial charge in [0.1, 0.15) is 11.3 Å². The summed E-state index contributed by atoms with van der Waals surface area (Å²) in [7, 11) is 0. The number of hydrogen-bond acceptors (Lipinski definition) is 4. The van der Waals surface area contributed by atoms with Gasteiger partial charge in [-0.15, -0.1) is 0 Å². The van der Waals surface area contributed by atoms with Crippen LogP contribution in [0.15, 0.2) is 41.0 Å². The third-order valence-electron chi connectivity index (χ3n) is 3.04. The third-order valence-corrected chi connectivity index (χ3v) is 3.27. The Labute approximate surface area is 133 Å². The number of halogens is 1. The van der Waals surface area contributed by atoms with E-state index in [0.717, 1.165) is 5.56 Å². The summed E-state index contributed by atoms with van der Waals surface area (Å²) in [5.74, 6) is -0.459. The van der Waals surface area contributed by atoms with Crippen molar-refractivity contribution in [2.75, 3.05) is 13.2 Å². The van der Waals surface area contributed by atoms with E-state index in [1.54, 1.807) is 13.0 Å². The van der Waals surface area contributed by atoms with Crippen molar-refractivity contribution in [3.63, 3.8) is 0 Å². The predicted octanol–water partition coefficient (Wildman–Crippen LogP) is 2.76. The van der Waals surface area contributed by atoms with Crippen LogP contribution in [0, 0.1) is 6.92 Å². The fourth-order valence-electron chi connectivity index (χ4n) is 1.90. The van der Waals surface area contributed by atoms with Crippen LogP contribution in [0.25, 0.3) is 0 Å². The van der Waals surface area contributed by atoms with E-state index in [0.29, 0.717) is 29.3 Å². The van der Waals surface area contributed by atoms with Crippen molar-refractivity contribution >= 4 is 23.5 Å². The van der Waals surface area contributed by atoms with Gasteiger partial charge >= 0.3 is 5.97 Å². The number of carbonyl (C=O) groups is 2. The minimum absolute atomic E-state index is 0.320. The van der Waals surface area contributed by atoms with E-state index in [-0.39, 0.29) is 12.5 Å². The summed E-state index contributed by atoms with van der Waals surface area (Å²) in [4.78, 5) is 23.3. The second-order valence-electron chi connectivity index (χ2n) is 4.70. The largest absolute Gasteiger partial charge is 0.469 e. The molecule has 5 nitrogen and oxygen atoms in total. The van der Waals surface area contributed by atoms with Crippen LogP contribution in [0.1, 0.15) is 21.7 Å². The number of ether oxygens (including phenoxy) is 1. The van der Waals surface area contributed by atoms with Crippen LogP contribution in [0.3, 0.4) is 0 Å². The first-order valence-electron chi connectivity index (χ1n) is 6.78. The molecule has 6 heteroatoms. The minimum Gasteiger partial charge on any atom is -0.469 e. The number of furan rings is 1. The fraction of sp³-hybridized carbons (Fsp3) is 0.250. The first kappa shape index (κ1) is 16.1. The Balaban J connectivity index is 1.70. The molecule has 0 unspecified atom stereocenters. The standard InChI is InChI=1S/C16H16ClNO4/c1-11-14(6-8-21-11)16(20)22-10-15(19)18-7-5-12-3-2-4-13(17)9-12/h2-4,6,8-9H,5,7,10H2,1H3,(H,18,19). The quantitative estimate of drug-likeness (QED) is 0.831. The van der Waals surface area contributed by atoms with Crippen LogP contribution in [-0.2, 0) is 16.0 Å². The molecule has 1 heterocycles. The molecule has 0 aliphatic heterocycles. The van der Waals surface area contributed by atoms with Crippen LogP contribution in [0.5, 0.6) is 0 Å². The first-order valence-corrected chi connectivity index (χ1v) is 7.16. The average Bonchev–Trinajstić information content (AvgIpc) is 2.91. The van der Waals surface area contributed by atoms with Gasteiger partial charge in [0.05, 0.1) is 6.26 Å². The maximum absolute atomic E-state index is 11.7. The Kier molecular flexibility index (Phi) is 5.61. The lowest BCUT2D eigenvalue weighted by atomic mass is 10.1. The second kappa shape index (κ2) is 7.66. The molecule has 1 N–H and O–H groups in total. The first-order chi connectivity index (χ1) is 10.6. The van der Waals surface area contributed by atoms with E-state index < -0.39 is 5.97 Å². The van der Waals surface area contributed by atoms with E-state index in [1.807, 2.05) is 18.2 Å². The zero-order chi connectivity index (χ0) is 15.9. The van der Waals surface area contributed by atoms with Crippen LogP contribution < -0.4 is 5.32 Å². The second-order valence-corrected chi connectivity index (χ2v) is 5.13. The maximum atomic E-state index is 11.7.